The van der Waals surface area contributed by atoms with Crippen molar-refractivity contribution >= 4 is 21.5 Å². The molecule has 2 aromatic rings. The molecular weight excluding hydrogens is 376 g/mol. The lowest BCUT2D eigenvalue weighted by Crippen LogP contribution is -2.31. The standard InChI is InChI=1S/C21H26N2O4S/c1-27-19-10-6-17(7-11-19)21(24)16-22-18-8-12-20(13-9-18)28(25,26)23-14-4-2-3-5-15-23/h6-13,22H,2-5,14-16H2,1H3. The molecule has 1 fully saturated rings. The summed E-state index contributed by atoms with van der Waals surface area (Å²) in [6.45, 7) is 1.29. The number of nitrogens with one attached hydrogen (secondary N) is 1. The molecule has 0 spiro atoms. The first-order valence-electron chi connectivity index (χ1n) is 9.52. The number of ether oxygens (including phenoxy) is 1. The topological polar surface area (TPSA) is 75.7 Å². The van der Waals surface area contributed by atoms with E-state index in [9.17, 15) is 13.2 Å². The summed E-state index contributed by atoms with van der Waals surface area (Å²) < 4.78 is 32.3. The van der Waals surface area contributed by atoms with E-state index in [4.69, 9.17) is 4.74 Å². The third-order valence-corrected chi connectivity index (χ3v) is 6.84. The van der Waals surface area contributed by atoms with Crippen LogP contribution in [0.2, 0.25) is 0 Å². The molecule has 0 aliphatic carbocycles. The Morgan fingerprint density at radius 3 is 2.14 bits per heavy atom. The third kappa shape index (κ3) is 4.91. The number of benzene rings is 2. The number of hydrogen-bond donors (Lipinski definition) is 1. The molecule has 150 valence electrons. The fourth-order valence-corrected chi connectivity index (χ4v) is 4.75. The van der Waals surface area contributed by atoms with E-state index >= 15 is 0 Å². The van der Waals surface area contributed by atoms with Gasteiger partial charge in [0.25, 0.3) is 0 Å². The highest BCUT2D eigenvalue weighted by Gasteiger charge is 2.24. The van der Waals surface area contributed by atoms with Crippen LogP contribution >= 0.6 is 0 Å². The first-order chi connectivity index (χ1) is 13.5. The molecule has 1 aliphatic rings. The van der Waals surface area contributed by atoms with Crippen LogP contribution in [-0.2, 0) is 10.0 Å². The first-order valence-corrected chi connectivity index (χ1v) is 11.0. The lowest BCUT2D eigenvalue weighted by molar-refractivity contribution is 0.101. The van der Waals surface area contributed by atoms with Crippen molar-refractivity contribution in [1.29, 1.82) is 0 Å². The summed E-state index contributed by atoms with van der Waals surface area (Å²) in [5, 5.41) is 3.05. The first kappa shape index (κ1) is 20.4. The minimum atomic E-state index is -3.46. The van der Waals surface area contributed by atoms with Gasteiger partial charge in [-0.2, -0.15) is 4.31 Å². The van der Waals surface area contributed by atoms with Crippen molar-refractivity contribution in [2.75, 3.05) is 32.1 Å². The van der Waals surface area contributed by atoms with Crippen LogP contribution in [0.5, 0.6) is 5.75 Å². The van der Waals surface area contributed by atoms with Crippen LogP contribution in [0.1, 0.15) is 36.0 Å². The smallest absolute Gasteiger partial charge is 0.243 e. The predicted molar refractivity (Wildman–Crippen MR) is 109 cm³/mol. The van der Waals surface area contributed by atoms with Crippen molar-refractivity contribution in [1.82, 2.24) is 4.31 Å². The maximum atomic E-state index is 12.8. The number of carbonyl (C=O) groups excluding carboxylic acids is 1. The van der Waals surface area contributed by atoms with Crippen LogP contribution in [0.25, 0.3) is 0 Å². The van der Waals surface area contributed by atoms with Crippen LogP contribution in [0.4, 0.5) is 5.69 Å². The van der Waals surface area contributed by atoms with Crippen molar-refractivity contribution in [3.05, 3.63) is 54.1 Å². The largest absolute Gasteiger partial charge is 0.497 e. The molecule has 0 aromatic heterocycles. The lowest BCUT2D eigenvalue weighted by Gasteiger charge is -2.20. The van der Waals surface area contributed by atoms with Gasteiger partial charge in [0.05, 0.1) is 18.6 Å². The van der Waals surface area contributed by atoms with Gasteiger partial charge in [0.2, 0.25) is 10.0 Å². The molecule has 0 saturated carbocycles. The summed E-state index contributed by atoms with van der Waals surface area (Å²) in [7, 11) is -1.88. The molecule has 1 aliphatic heterocycles. The highest BCUT2D eigenvalue weighted by Crippen LogP contribution is 2.22. The van der Waals surface area contributed by atoms with Crippen LogP contribution in [0.3, 0.4) is 0 Å². The Balaban J connectivity index is 1.61. The van der Waals surface area contributed by atoms with E-state index in [0.717, 1.165) is 25.7 Å². The lowest BCUT2D eigenvalue weighted by atomic mass is 10.1. The van der Waals surface area contributed by atoms with Crippen molar-refractivity contribution in [3.8, 4) is 5.75 Å². The van der Waals surface area contributed by atoms with E-state index in [1.165, 1.54) is 0 Å². The SMILES string of the molecule is COc1ccc(C(=O)CNc2ccc(S(=O)(=O)N3CCCCCC3)cc2)cc1. The van der Waals surface area contributed by atoms with Gasteiger partial charge in [-0.25, -0.2) is 8.42 Å². The zero-order valence-corrected chi connectivity index (χ0v) is 16.9. The van der Waals surface area contributed by atoms with Crippen molar-refractivity contribution < 1.29 is 17.9 Å². The van der Waals surface area contributed by atoms with E-state index in [1.54, 1.807) is 59.9 Å². The Bertz CT molecular complexity index is 885. The summed E-state index contributed by atoms with van der Waals surface area (Å²) in [4.78, 5) is 12.6. The zero-order chi connectivity index (χ0) is 20.0. The molecule has 0 bridgehead atoms. The normalized spacial score (nSPS) is 15.6. The summed E-state index contributed by atoms with van der Waals surface area (Å²) in [6.07, 6.45) is 3.98. The number of Topliss-reactive ketones (excluding diaryl/α,β-unsaturated/α-hetero) is 1. The van der Waals surface area contributed by atoms with Gasteiger partial charge in [0.15, 0.2) is 5.78 Å². The minimum Gasteiger partial charge on any atom is -0.497 e. The van der Waals surface area contributed by atoms with Crippen LogP contribution in [0.15, 0.2) is 53.4 Å². The van der Waals surface area contributed by atoms with E-state index in [-0.39, 0.29) is 12.3 Å². The van der Waals surface area contributed by atoms with Crippen LogP contribution in [0, 0.1) is 0 Å². The Kier molecular flexibility index (Phi) is 6.70. The molecule has 1 N–H and O–H groups in total. The molecule has 1 saturated heterocycles. The van der Waals surface area contributed by atoms with Gasteiger partial charge in [0.1, 0.15) is 5.75 Å². The number of methoxy groups -OCH3 is 1. The molecule has 28 heavy (non-hydrogen) atoms. The fourth-order valence-electron chi connectivity index (χ4n) is 3.24. The maximum absolute atomic E-state index is 12.8. The predicted octanol–water partition coefficient (Wildman–Crippen LogP) is 3.55. The molecular formula is C21H26N2O4S. The van der Waals surface area contributed by atoms with Gasteiger partial charge in [-0.3, -0.25) is 4.79 Å². The van der Waals surface area contributed by atoms with Gasteiger partial charge >= 0.3 is 0 Å². The second-order valence-corrected chi connectivity index (χ2v) is 8.79. The Hall–Kier alpha value is -2.38. The molecule has 0 unspecified atom stereocenters. The minimum absolute atomic E-state index is 0.0519. The monoisotopic (exact) mass is 402 g/mol. The summed E-state index contributed by atoms with van der Waals surface area (Å²) in [5.41, 5.74) is 1.30. The molecule has 7 heteroatoms. The number of anilines is 1. The number of rotatable bonds is 7. The maximum Gasteiger partial charge on any atom is 0.243 e. The number of hydrogen-bond acceptors (Lipinski definition) is 5. The highest BCUT2D eigenvalue weighted by molar-refractivity contribution is 7.89. The van der Waals surface area contributed by atoms with Gasteiger partial charge in [-0.15, -0.1) is 0 Å². The summed E-state index contributed by atoms with van der Waals surface area (Å²) in [6, 6.07) is 13.5. The average molecular weight is 403 g/mol. The number of nitrogens with zero attached hydrogens (tertiary/aromatic N) is 1. The average Bonchev–Trinajstić information content (AvgIpc) is 3.02. The molecule has 0 radical (unpaired) electrons. The molecule has 0 atom stereocenters. The van der Waals surface area contributed by atoms with E-state index < -0.39 is 10.0 Å². The van der Waals surface area contributed by atoms with Gasteiger partial charge < -0.3 is 10.1 Å². The Labute approximate surface area is 166 Å². The third-order valence-electron chi connectivity index (χ3n) is 4.92. The molecule has 1 heterocycles. The van der Waals surface area contributed by atoms with Crippen LogP contribution in [-0.4, -0.2) is 45.3 Å². The summed E-state index contributed by atoms with van der Waals surface area (Å²) in [5.74, 6) is 0.648. The number of sulfonamides is 1. The van der Waals surface area contributed by atoms with E-state index in [1.807, 2.05) is 0 Å². The van der Waals surface area contributed by atoms with Crippen molar-refractivity contribution in [3.63, 3.8) is 0 Å². The van der Waals surface area contributed by atoms with Crippen LogP contribution < -0.4 is 10.1 Å². The van der Waals surface area contributed by atoms with E-state index in [2.05, 4.69) is 5.32 Å². The van der Waals surface area contributed by atoms with Crippen molar-refractivity contribution in [2.45, 2.75) is 30.6 Å². The molecule has 0 amide bonds. The van der Waals surface area contributed by atoms with E-state index in [0.29, 0.717) is 35.0 Å². The Morgan fingerprint density at radius 1 is 0.964 bits per heavy atom. The zero-order valence-electron chi connectivity index (χ0n) is 16.1. The van der Waals surface area contributed by atoms with Gasteiger partial charge in [-0.05, 0) is 61.4 Å². The molecule has 3 rings (SSSR count). The Morgan fingerprint density at radius 2 is 1.57 bits per heavy atom. The second-order valence-electron chi connectivity index (χ2n) is 6.85. The van der Waals surface area contributed by atoms with Crippen molar-refractivity contribution in [2.24, 2.45) is 0 Å². The molecule has 2 aromatic carbocycles. The van der Waals surface area contributed by atoms with Gasteiger partial charge in [-0.1, -0.05) is 12.8 Å². The second kappa shape index (κ2) is 9.21. The fraction of sp³-hybridized carbons (Fsp3) is 0.381. The summed E-state index contributed by atoms with van der Waals surface area (Å²) >= 11 is 0. The number of ketones is 1. The number of carbonyl (C=O) groups is 1. The highest BCUT2D eigenvalue weighted by atomic mass is 32.2. The quantitative estimate of drug-likeness (QED) is 0.717. The van der Waals surface area contributed by atoms with Gasteiger partial charge in [0, 0.05) is 24.3 Å². The molecule has 6 nitrogen and oxygen atoms in total.